The third-order valence-electron chi connectivity index (χ3n) is 11.6. The molecule has 4 nitrogen and oxygen atoms in total. The van der Waals surface area contributed by atoms with Gasteiger partial charge in [0.05, 0.1) is 0 Å². The molecule has 6 aromatic carbocycles. The van der Waals surface area contributed by atoms with Crippen molar-refractivity contribution >= 4 is 67.9 Å². The molecule has 0 radical (unpaired) electrons. The van der Waals surface area contributed by atoms with Crippen LogP contribution in [-0.2, 0) is 26.2 Å². The molecule has 12 bridgehead atoms. The van der Waals surface area contributed by atoms with Gasteiger partial charge in [-0.05, 0) is 46.5 Å². The summed E-state index contributed by atoms with van der Waals surface area (Å²) in [5, 5.41) is 5.05. The van der Waals surface area contributed by atoms with Crippen molar-refractivity contribution in [2.45, 2.75) is 26.2 Å². The predicted octanol–water partition coefficient (Wildman–Crippen LogP) is 12.4. The molecule has 4 heteroatoms. The van der Waals surface area contributed by atoms with Crippen LogP contribution in [0.5, 0.6) is 0 Å². The first-order valence-corrected chi connectivity index (χ1v) is 19.5. The molecule has 4 aromatic heterocycles. The van der Waals surface area contributed by atoms with E-state index in [4.69, 9.17) is 0 Å². The monoisotopic (exact) mass is 720 g/mol. The Kier molecular flexibility index (Phi) is 7.73. The summed E-state index contributed by atoms with van der Waals surface area (Å²) in [5.41, 5.74) is 15.0. The van der Waals surface area contributed by atoms with Crippen LogP contribution in [-0.4, -0.2) is 18.3 Å². The summed E-state index contributed by atoms with van der Waals surface area (Å²) in [6, 6.07) is 53.3. The van der Waals surface area contributed by atoms with Gasteiger partial charge in [0.1, 0.15) is 0 Å². The van der Waals surface area contributed by atoms with Gasteiger partial charge in [-0.1, -0.05) is 146 Å². The van der Waals surface area contributed by atoms with E-state index < -0.39 is 0 Å². The first kappa shape index (κ1) is 32.4. The fourth-order valence-electron chi connectivity index (χ4n) is 8.95. The third kappa shape index (κ3) is 5.78. The highest BCUT2D eigenvalue weighted by Gasteiger charge is 2.13. The summed E-state index contributed by atoms with van der Waals surface area (Å²) in [4.78, 5) is 0. The lowest BCUT2D eigenvalue weighted by atomic mass is 10.1. The predicted molar refractivity (Wildman–Crippen MR) is 235 cm³/mol. The zero-order chi connectivity index (χ0) is 37.0. The van der Waals surface area contributed by atoms with Crippen molar-refractivity contribution in [3.05, 3.63) is 215 Å². The molecule has 1 aliphatic rings. The fraction of sp³-hybridized carbons (Fsp3) is 0.0769. The van der Waals surface area contributed by atoms with Gasteiger partial charge in [-0.2, -0.15) is 0 Å². The van der Waals surface area contributed by atoms with E-state index in [1.54, 1.807) is 0 Å². The number of hydrogen-bond acceptors (Lipinski definition) is 0. The van der Waals surface area contributed by atoms with E-state index in [1.165, 1.54) is 88.1 Å². The van der Waals surface area contributed by atoms with Crippen molar-refractivity contribution in [3.8, 4) is 0 Å². The van der Waals surface area contributed by atoms with Gasteiger partial charge in [-0.25, -0.2) is 0 Å². The van der Waals surface area contributed by atoms with Crippen LogP contribution in [0.4, 0.5) is 0 Å². The normalized spacial score (nSPS) is 14.4. The van der Waals surface area contributed by atoms with E-state index in [9.17, 15) is 0 Å². The number of aromatic nitrogens is 4. The summed E-state index contributed by atoms with van der Waals surface area (Å²) >= 11 is 0. The molecule has 0 spiro atoms. The maximum atomic E-state index is 2.40. The first-order valence-electron chi connectivity index (χ1n) is 19.5. The Morgan fingerprint density at radius 1 is 0.268 bits per heavy atom. The SMILES string of the molecule is C1=C/c2cn(c3ccccc23)Cc2cccc(c2)Cn2cc(c3ccccc32)/C=C/c2cn(c3ccccc23)Cc2cccc(c2)Cn2cc/1c1ccccc12. The second-order valence-electron chi connectivity index (χ2n) is 15.2. The lowest BCUT2D eigenvalue weighted by molar-refractivity contribution is 0.813. The number of nitrogens with zero attached hydrogens (tertiary/aromatic N) is 4. The minimum atomic E-state index is 0.800. The standard InChI is InChI=1S/C52H40N4/c1-5-19-49-45(15-1)41-23-24-42-34-54(50-20-6-2-16-46(42)50)31-39-13-10-14-40(28-39)32-56-36-44(48-18-4-8-22-52(48)56)26-25-43-35-55(51-21-7-3-17-47(43)51)30-38-12-9-11-37(27-38)29-53(49)33-41/h1-28,33-36H,29-32H2/b24-23+,26-25+. The van der Waals surface area contributed by atoms with E-state index >= 15 is 0 Å². The highest BCUT2D eigenvalue weighted by molar-refractivity contribution is 5.98. The minimum absolute atomic E-state index is 0.800. The third-order valence-corrected chi connectivity index (χ3v) is 11.6. The number of benzene rings is 6. The Labute approximate surface area is 326 Å². The lowest BCUT2D eigenvalue weighted by Gasteiger charge is -2.10. The van der Waals surface area contributed by atoms with Gasteiger partial charge in [0.15, 0.2) is 0 Å². The van der Waals surface area contributed by atoms with Gasteiger partial charge in [0, 0.05) is 117 Å². The minimum Gasteiger partial charge on any atom is -0.342 e. The van der Waals surface area contributed by atoms with E-state index in [0.717, 1.165) is 26.2 Å². The van der Waals surface area contributed by atoms with Crippen LogP contribution in [0.3, 0.4) is 0 Å². The fourth-order valence-corrected chi connectivity index (χ4v) is 8.95. The van der Waals surface area contributed by atoms with Crippen molar-refractivity contribution in [2.75, 3.05) is 0 Å². The van der Waals surface area contributed by atoms with Gasteiger partial charge in [-0.3, -0.25) is 0 Å². The maximum Gasteiger partial charge on any atom is 0.0489 e. The summed E-state index contributed by atoms with van der Waals surface area (Å²) in [6.45, 7) is 3.20. The van der Waals surface area contributed by atoms with Crippen LogP contribution in [0, 0.1) is 0 Å². The molecule has 0 N–H and O–H groups in total. The van der Waals surface area contributed by atoms with Crippen molar-refractivity contribution in [1.82, 2.24) is 18.3 Å². The molecule has 0 fully saturated rings. The van der Waals surface area contributed by atoms with Crippen LogP contribution in [0.1, 0.15) is 44.5 Å². The Morgan fingerprint density at radius 2 is 0.518 bits per heavy atom. The van der Waals surface area contributed by atoms with Crippen LogP contribution in [0.2, 0.25) is 0 Å². The van der Waals surface area contributed by atoms with E-state index in [1.807, 2.05) is 0 Å². The Morgan fingerprint density at radius 3 is 0.786 bits per heavy atom. The summed E-state index contributed by atoms with van der Waals surface area (Å²) < 4.78 is 9.61. The maximum absolute atomic E-state index is 2.40. The smallest absolute Gasteiger partial charge is 0.0489 e. The molecule has 5 heterocycles. The van der Waals surface area contributed by atoms with Gasteiger partial charge in [0.25, 0.3) is 0 Å². The number of para-hydroxylation sites is 4. The molecule has 268 valence electrons. The average Bonchev–Trinajstić information content (AvgIpc) is 3.98. The largest absolute Gasteiger partial charge is 0.342 e. The van der Waals surface area contributed by atoms with Gasteiger partial charge >= 0.3 is 0 Å². The van der Waals surface area contributed by atoms with E-state index in [2.05, 4.69) is 213 Å². The van der Waals surface area contributed by atoms with E-state index in [-0.39, 0.29) is 0 Å². The summed E-state index contributed by atoms with van der Waals surface area (Å²) in [6.07, 6.45) is 18.5. The Bertz CT molecular complexity index is 2740. The highest BCUT2D eigenvalue weighted by atomic mass is 15.0. The molecule has 1 aliphatic heterocycles. The number of hydrogen-bond donors (Lipinski definition) is 0. The van der Waals surface area contributed by atoms with E-state index in [0.29, 0.717) is 0 Å². The van der Waals surface area contributed by atoms with Crippen molar-refractivity contribution in [2.24, 2.45) is 0 Å². The molecule has 0 aliphatic carbocycles. The molecule has 10 aromatic rings. The molecule has 0 unspecified atom stereocenters. The van der Waals surface area contributed by atoms with Gasteiger partial charge in [0.2, 0.25) is 0 Å². The van der Waals surface area contributed by atoms with Crippen LogP contribution in [0.25, 0.3) is 67.9 Å². The molecule has 0 amide bonds. The summed E-state index contributed by atoms with van der Waals surface area (Å²) in [5.74, 6) is 0. The first-order chi connectivity index (χ1) is 27.7. The van der Waals surface area contributed by atoms with Crippen LogP contribution >= 0.6 is 0 Å². The van der Waals surface area contributed by atoms with Crippen LogP contribution < -0.4 is 0 Å². The second kappa shape index (κ2) is 13.4. The molecule has 11 rings (SSSR count). The Balaban J connectivity index is 1.06. The number of fused-ring (bicyclic) bond motifs is 24. The van der Waals surface area contributed by atoms with Gasteiger partial charge < -0.3 is 18.3 Å². The quantitative estimate of drug-likeness (QED) is 0.149. The second-order valence-corrected chi connectivity index (χ2v) is 15.2. The van der Waals surface area contributed by atoms with Crippen molar-refractivity contribution < 1.29 is 0 Å². The Hall–Kier alpha value is -7.04. The van der Waals surface area contributed by atoms with Crippen LogP contribution in [0.15, 0.2) is 170 Å². The van der Waals surface area contributed by atoms with Crippen molar-refractivity contribution in [1.29, 1.82) is 0 Å². The topological polar surface area (TPSA) is 19.7 Å². The molecule has 0 saturated heterocycles. The zero-order valence-electron chi connectivity index (χ0n) is 31.1. The molecular formula is C52H40N4. The molecule has 56 heavy (non-hydrogen) atoms. The zero-order valence-corrected chi connectivity index (χ0v) is 31.1. The van der Waals surface area contributed by atoms with Gasteiger partial charge in [-0.15, -0.1) is 0 Å². The molecule has 0 atom stereocenters. The highest BCUT2D eigenvalue weighted by Crippen LogP contribution is 2.31. The number of rotatable bonds is 0. The summed E-state index contributed by atoms with van der Waals surface area (Å²) in [7, 11) is 0. The molecule has 0 saturated carbocycles. The molecular weight excluding hydrogens is 681 g/mol. The average molecular weight is 721 g/mol. The van der Waals surface area contributed by atoms with Crippen molar-refractivity contribution in [3.63, 3.8) is 0 Å². The lowest BCUT2D eigenvalue weighted by Crippen LogP contribution is -2.01.